The van der Waals surface area contributed by atoms with Crippen LogP contribution in [0.5, 0.6) is 0 Å². The van der Waals surface area contributed by atoms with Gasteiger partial charge in [0.1, 0.15) is 0 Å². The molecule has 0 heterocycles. The lowest BCUT2D eigenvalue weighted by Gasteiger charge is -2.34. The molecule has 94 valence electrons. The van der Waals surface area contributed by atoms with Crippen LogP contribution in [0.3, 0.4) is 0 Å². The Labute approximate surface area is 103 Å². The molecule has 2 rings (SSSR count). The zero-order valence-corrected chi connectivity index (χ0v) is 10.3. The molecular weight excluding hydrogens is 216 g/mol. The third-order valence-electron chi connectivity index (χ3n) is 3.02. The molecule has 0 radical (unpaired) electrons. The first kappa shape index (κ1) is 12.6. The Bertz CT molecular complexity index is 307. The van der Waals surface area contributed by atoms with Gasteiger partial charge in [0, 0.05) is 7.11 Å². The van der Waals surface area contributed by atoms with Crippen LogP contribution in [-0.4, -0.2) is 32.5 Å². The molecule has 1 fully saturated rings. The van der Waals surface area contributed by atoms with Crippen molar-refractivity contribution in [2.45, 2.75) is 31.7 Å². The van der Waals surface area contributed by atoms with Gasteiger partial charge in [0.15, 0.2) is 0 Å². The molecule has 1 aromatic rings. The normalized spacial score (nSPS) is 23.4. The highest BCUT2D eigenvalue weighted by Gasteiger charge is 2.30. The van der Waals surface area contributed by atoms with Crippen molar-refractivity contribution in [3.05, 3.63) is 35.9 Å². The van der Waals surface area contributed by atoms with Crippen molar-refractivity contribution >= 4 is 0 Å². The first-order valence-electron chi connectivity index (χ1n) is 6.14. The van der Waals surface area contributed by atoms with Gasteiger partial charge in [-0.25, -0.2) is 0 Å². The van der Waals surface area contributed by atoms with E-state index < -0.39 is 0 Å². The van der Waals surface area contributed by atoms with Gasteiger partial charge in [0.25, 0.3) is 0 Å². The molecule has 0 atom stereocenters. The van der Waals surface area contributed by atoms with Gasteiger partial charge in [-0.3, -0.25) is 0 Å². The van der Waals surface area contributed by atoms with Crippen molar-refractivity contribution in [1.29, 1.82) is 0 Å². The molecular formula is C14H20O3. The van der Waals surface area contributed by atoms with Gasteiger partial charge in [0.2, 0.25) is 0 Å². The molecule has 1 saturated carbocycles. The fraction of sp³-hybridized carbons (Fsp3) is 0.571. The molecule has 0 bridgehead atoms. The molecule has 0 aliphatic heterocycles. The third-order valence-corrected chi connectivity index (χ3v) is 3.02. The van der Waals surface area contributed by atoms with Crippen molar-refractivity contribution in [3.63, 3.8) is 0 Å². The second-order valence-corrected chi connectivity index (χ2v) is 4.38. The molecule has 1 aromatic carbocycles. The fourth-order valence-electron chi connectivity index (χ4n) is 1.88. The van der Waals surface area contributed by atoms with E-state index in [0.29, 0.717) is 32.0 Å². The number of benzene rings is 1. The zero-order valence-electron chi connectivity index (χ0n) is 10.3. The second-order valence-electron chi connectivity index (χ2n) is 4.38. The number of hydrogen-bond acceptors (Lipinski definition) is 3. The van der Waals surface area contributed by atoms with E-state index in [2.05, 4.69) is 12.1 Å². The standard InChI is InChI=1S/C14H20O3/c1-15-7-8-16-13-9-14(10-13)17-11-12-5-3-2-4-6-12/h2-6,13-14H,7-11H2,1H3. The van der Waals surface area contributed by atoms with Crippen LogP contribution in [-0.2, 0) is 20.8 Å². The van der Waals surface area contributed by atoms with Crippen LogP contribution < -0.4 is 0 Å². The molecule has 0 aromatic heterocycles. The van der Waals surface area contributed by atoms with Crippen LogP contribution in [0, 0.1) is 0 Å². The SMILES string of the molecule is COCCOC1CC(OCc2ccccc2)C1. The molecule has 0 saturated heterocycles. The van der Waals surface area contributed by atoms with Crippen LogP contribution in [0.1, 0.15) is 18.4 Å². The van der Waals surface area contributed by atoms with E-state index >= 15 is 0 Å². The first-order valence-corrected chi connectivity index (χ1v) is 6.14. The van der Waals surface area contributed by atoms with Gasteiger partial charge in [-0.05, 0) is 18.4 Å². The minimum atomic E-state index is 0.364. The van der Waals surface area contributed by atoms with Gasteiger partial charge in [-0.2, -0.15) is 0 Å². The molecule has 1 aliphatic carbocycles. The Morgan fingerprint density at radius 1 is 1.00 bits per heavy atom. The van der Waals surface area contributed by atoms with Crippen LogP contribution in [0.15, 0.2) is 30.3 Å². The zero-order chi connectivity index (χ0) is 11.9. The lowest BCUT2D eigenvalue weighted by atomic mass is 9.92. The molecule has 3 nitrogen and oxygen atoms in total. The Kier molecular flexibility index (Phi) is 4.98. The predicted octanol–water partition coefficient (Wildman–Crippen LogP) is 2.40. The van der Waals surface area contributed by atoms with Crippen molar-refractivity contribution < 1.29 is 14.2 Å². The largest absolute Gasteiger partial charge is 0.382 e. The van der Waals surface area contributed by atoms with Gasteiger partial charge in [-0.15, -0.1) is 0 Å². The quantitative estimate of drug-likeness (QED) is 0.680. The average Bonchev–Trinajstić information content (AvgIpc) is 2.32. The summed E-state index contributed by atoms with van der Waals surface area (Å²) >= 11 is 0. The van der Waals surface area contributed by atoms with Gasteiger partial charge >= 0.3 is 0 Å². The molecule has 0 unspecified atom stereocenters. The maximum Gasteiger partial charge on any atom is 0.0720 e. The van der Waals surface area contributed by atoms with Crippen LogP contribution in [0.4, 0.5) is 0 Å². The Morgan fingerprint density at radius 3 is 2.41 bits per heavy atom. The van der Waals surface area contributed by atoms with Crippen molar-refractivity contribution in [2.75, 3.05) is 20.3 Å². The summed E-state index contributed by atoms with van der Waals surface area (Å²) in [4.78, 5) is 0. The number of methoxy groups -OCH3 is 1. The summed E-state index contributed by atoms with van der Waals surface area (Å²) in [6.45, 7) is 2.06. The van der Waals surface area contributed by atoms with Gasteiger partial charge < -0.3 is 14.2 Å². The van der Waals surface area contributed by atoms with E-state index in [1.54, 1.807) is 7.11 Å². The molecule has 17 heavy (non-hydrogen) atoms. The van der Waals surface area contributed by atoms with Crippen molar-refractivity contribution in [2.24, 2.45) is 0 Å². The number of ether oxygens (including phenoxy) is 3. The smallest absolute Gasteiger partial charge is 0.0720 e. The number of hydrogen-bond donors (Lipinski definition) is 0. The highest BCUT2D eigenvalue weighted by atomic mass is 16.5. The summed E-state index contributed by atoms with van der Waals surface area (Å²) in [5, 5.41) is 0. The third kappa shape index (κ3) is 4.11. The topological polar surface area (TPSA) is 27.7 Å². The van der Waals surface area contributed by atoms with E-state index in [1.807, 2.05) is 18.2 Å². The van der Waals surface area contributed by atoms with Crippen LogP contribution in [0.2, 0.25) is 0 Å². The van der Waals surface area contributed by atoms with E-state index in [-0.39, 0.29) is 0 Å². The maximum atomic E-state index is 5.79. The average molecular weight is 236 g/mol. The minimum absolute atomic E-state index is 0.364. The summed E-state index contributed by atoms with van der Waals surface area (Å²) in [6.07, 6.45) is 2.75. The molecule has 3 heteroatoms. The van der Waals surface area contributed by atoms with Gasteiger partial charge in [-0.1, -0.05) is 30.3 Å². The summed E-state index contributed by atoms with van der Waals surface area (Å²) in [6, 6.07) is 10.3. The summed E-state index contributed by atoms with van der Waals surface area (Å²) < 4.78 is 16.3. The highest BCUT2D eigenvalue weighted by Crippen LogP contribution is 2.27. The molecule has 0 N–H and O–H groups in total. The van der Waals surface area contributed by atoms with E-state index in [1.165, 1.54) is 5.56 Å². The maximum absolute atomic E-state index is 5.79. The fourth-order valence-corrected chi connectivity index (χ4v) is 1.88. The number of rotatable bonds is 7. The minimum Gasteiger partial charge on any atom is -0.382 e. The summed E-state index contributed by atoms with van der Waals surface area (Å²) in [7, 11) is 1.69. The van der Waals surface area contributed by atoms with Crippen molar-refractivity contribution in [1.82, 2.24) is 0 Å². The Hall–Kier alpha value is -0.900. The summed E-state index contributed by atoms with van der Waals surface area (Å²) in [5.41, 5.74) is 1.23. The Balaban J connectivity index is 1.55. The lowest BCUT2D eigenvalue weighted by molar-refractivity contribution is -0.112. The van der Waals surface area contributed by atoms with E-state index in [0.717, 1.165) is 12.8 Å². The molecule has 0 spiro atoms. The Morgan fingerprint density at radius 2 is 1.71 bits per heavy atom. The predicted molar refractivity (Wildman–Crippen MR) is 65.9 cm³/mol. The molecule has 1 aliphatic rings. The van der Waals surface area contributed by atoms with E-state index in [4.69, 9.17) is 14.2 Å². The van der Waals surface area contributed by atoms with Gasteiger partial charge in [0.05, 0.1) is 32.0 Å². The second kappa shape index (κ2) is 6.74. The lowest BCUT2D eigenvalue weighted by Crippen LogP contribution is -2.38. The van der Waals surface area contributed by atoms with E-state index in [9.17, 15) is 0 Å². The highest BCUT2D eigenvalue weighted by molar-refractivity contribution is 5.13. The van der Waals surface area contributed by atoms with Crippen LogP contribution >= 0.6 is 0 Å². The molecule has 0 amide bonds. The van der Waals surface area contributed by atoms with Crippen molar-refractivity contribution in [3.8, 4) is 0 Å². The monoisotopic (exact) mass is 236 g/mol. The summed E-state index contributed by atoms with van der Waals surface area (Å²) in [5.74, 6) is 0. The van der Waals surface area contributed by atoms with Crippen LogP contribution in [0.25, 0.3) is 0 Å². The first-order chi connectivity index (χ1) is 8.38.